The van der Waals surface area contributed by atoms with E-state index in [0.717, 1.165) is 18.2 Å². The van der Waals surface area contributed by atoms with Crippen molar-refractivity contribution in [2.45, 2.75) is 18.7 Å². The van der Waals surface area contributed by atoms with Crippen molar-refractivity contribution in [1.29, 1.82) is 0 Å². The lowest BCUT2D eigenvalue weighted by Crippen LogP contribution is -2.18. The van der Waals surface area contributed by atoms with Crippen LogP contribution in [0.3, 0.4) is 0 Å². The van der Waals surface area contributed by atoms with Gasteiger partial charge in [-0.3, -0.25) is 4.72 Å². The van der Waals surface area contributed by atoms with E-state index in [9.17, 15) is 17.2 Å². The van der Waals surface area contributed by atoms with Crippen LogP contribution in [-0.2, 0) is 10.0 Å². The van der Waals surface area contributed by atoms with E-state index >= 15 is 4.39 Å². The van der Waals surface area contributed by atoms with Gasteiger partial charge < -0.3 is 5.32 Å². The van der Waals surface area contributed by atoms with Crippen LogP contribution in [0.25, 0.3) is 32.5 Å². The van der Waals surface area contributed by atoms with Gasteiger partial charge in [0.25, 0.3) is 10.0 Å². The number of aromatic nitrogens is 5. The molecule has 3 aromatic heterocycles. The molecule has 204 valence electrons. The summed E-state index contributed by atoms with van der Waals surface area (Å²) in [6.45, 7) is 3.08. The number of benzene rings is 2. The van der Waals surface area contributed by atoms with E-state index in [4.69, 9.17) is 0 Å². The van der Waals surface area contributed by atoms with Crippen molar-refractivity contribution in [1.82, 2.24) is 25.1 Å². The minimum atomic E-state index is -4.84. The minimum Gasteiger partial charge on any atom is -0.357 e. The first-order valence-corrected chi connectivity index (χ1v) is 14.0. The molecular weight excluding hydrogens is 563 g/mol. The van der Waals surface area contributed by atoms with Gasteiger partial charge in [-0.25, -0.2) is 36.5 Å². The Bertz CT molecular complexity index is 1850. The third kappa shape index (κ3) is 5.10. The van der Waals surface area contributed by atoms with E-state index in [1.807, 2.05) is 4.72 Å². The Kier molecular flexibility index (Phi) is 7.21. The molecule has 0 spiro atoms. The summed E-state index contributed by atoms with van der Waals surface area (Å²) < 4.78 is 72.9. The number of anilines is 2. The molecule has 0 aliphatic carbocycles. The van der Waals surface area contributed by atoms with Gasteiger partial charge >= 0.3 is 0 Å². The highest BCUT2D eigenvalue weighted by Crippen LogP contribution is 2.41. The van der Waals surface area contributed by atoms with Crippen molar-refractivity contribution in [2.24, 2.45) is 0 Å². The van der Waals surface area contributed by atoms with Crippen LogP contribution in [0.5, 0.6) is 0 Å². The number of nitrogens with one attached hydrogen (secondary N) is 2. The quantitative estimate of drug-likeness (QED) is 0.254. The van der Waals surface area contributed by atoms with E-state index in [1.54, 1.807) is 32.2 Å². The minimum absolute atomic E-state index is 0.0763. The predicted octanol–water partition coefficient (Wildman–Crippen LogP) is 5.60. The molecule has 0 aliphatic rings. The fraction of sp³-hybridized carbons (Fsp3) is 0.115. The van der Waals surface area contributed by atoms with Gasteiger partial charge in [0, 0.05) is 18.8 Å². The van der Waals surface area contributed by atoms with Crippen molar-refractivity contribution in [3.63, 3.8) is 0 Å². The Morgan fingerprint density at radius 1 is 0.875 bits per heavy atom. The van der Waals surface area contributed by atoms with Crippen LogP contribution in [0.15, 0.2) is 59.6 Å². The van der Waals surface area contributed by atoms with Crippen LogP contribution in [0, 0.1) is 31.3 Å². The average molecular weight is 584 g/mol. The number of hydrogen-bond acceptors (Lipinski definition) is 9. The van der Waals surface area contributed by atoms with Crippen LogP contribution in [-0.4, -0.2) is 40.6 Å². The molecule has 14 heteroatoms. The second kappa shape index (κ2) is 10.6. The predicted molar refractivity (Wildman–Crippen MR) is 146 cm³/mol. The molecule has 40 heavy (non-hydrogen) atoms. The van der Waals surface area contributed by atoms with Crippen molar-refractivity contribution in [3.8, 4) is 32.5 Å². The molecule has 0 fully saturated rings. The summed E-state index contributed by atoms with van der Waals surface area (Å²) in [5.74, 6) is -3.26. The highest BCUT2D eigenvalue weighted by atomic mass is 32.2. The van der Waals surface area contributed by atoms with E-state index < -0.39 is 38.1 Å². The Morgan fingerprint density at radius 3 is 2.40 bits per heavy atom. The highest BCUT2D eigenvalue weighted by Gasteiger charge is 2.28. The average Bonchev–Trinajstić information content (AvgIpc) is 3.37. The van der Waals surface area contributed by atoms with Crippen LogP contribution >= 0.6 is 11.3 Å². The number of halogens is 3. The Morgan fingerprint density at radius 2 is 1.68 bits per heavy atom. The molecule has 2 N–H and O–H groups in total. The molecule has 2 aromatic carbocycles. The second-order valence-electron chi connectivity index (χ2n) is 8.55. The van der Waals surface area contributed by atoms with E-state index in [-0.39, 0.29) is 16.8 Å². The SMILES string of the molecule is CNc1nccc(-c2sc(-c3ccc(C)nn3)nc2-c2cccc(NS(=O)(=O)c3c(F)ccc(C)c3F)c2F)n1. The van der Waals surface area contributed by atoms with Crippen LogP contribution in [0.4, 0.5) is 24.8 Å². The zero-order valence-electron chi connectivity index (χ0n) is 21.2. The van der Waals surface area contributed by atoms with Crippen LogP contribution in [0.2, 0.25) is 0 Å². The summed E-state index contributed by atoms with van der Waals surface area (Å²) in [5.41, 5.74) is 1.03. The molecule has 0 amide bonds. The summed E-state index contributed by atoms with van der Waals surface area (Å²) in [5, 5.41) is 11.5. The molecule has 0 saturated heterocycles. The van der Waals surface area contributed by atoms with Crippen molar-refractivity contribution >= 4 is 33.0 Å². The smallest absolute Gasteiger partial charge is 0.267 e. The Balaban J connectivity index is 1.65. The van der Waals surface area contributed by atoms with E-state index in [2.05, 4.69) is 30.5 Å². The van der Waals surface area contributed by atoms with Crippen LogP contribution < -0.4 is 10.0 Å². The number of hydrogen-bond donors (Lipinski definition) is 2. The molecular formula is C26H20F3N7O2S2. The molecule has 0 radical (unpaired) electrons. The van der Waals surface area contributed by atoms with Crippen molar-refractivity contribution in [2.75, 3.05) is 17.1 Å². The summed E-state index contributed by atoms with van der Waals surface area (Å²) in [6, 6.07) is 11.0. The maximum Gasteiger partial charge on any atom is 0.267 e. The normalized spacial score (nSPS) is 11.4. The lowest BCUT2D eigenvalue weighted by atomic mass is 10.1. The van der Waals surface area contributed by atoms with E-state index in [1.165, 1.54) is 36.6 Å². The van der Waals surface area contributed by atoms with Gasteiger partial charge in [-0.05, 0) is 55.8 Å². The molecule has 9 nitrogen and oxygen atoms in total. The first-order chi connectivity index (χ1) is 19.1. The summed E-state index contributed by atoms with van der Waals surface area (Å²) in [7, 11) is -3.19. The second-order valence-corrected chi connectivity index (χ2v) is 11.2. The number of rotatable bonds is 7. The molecule has 3 heterocycles. The molecule has 0 saturated carbocycles. The molecule has 0 bridgehead atoms. The number of thiazole rings is 1. The third-order valence-electron chi connectivity index (χ3n) is 5.77. The van der Waals surface area contributed by atoms with E-state index in [0.29, 0.717) is 32.9 Å². The maximum absolute atomic E-state index is 16.0. The number of sulfonamides is 1. The fourth-order valence-electron chi connectivity index (χ4n) is 3.77. The third-order valence-corrected chi connectivity index (χ3v) is 8.27. The lowest BCUT2D eigenvalue weighted by molar-refractivity contribution is 0.516. The van der Waals surface area contributed by atoms with Gasteiger partial charge in [-0.2, -0.15) is 5.10 Å². The summed E-state index contributed by atoms with van der Waals surface area (Å²) in [4.78, 5) is 12.4. The topological polar surface area (TPSA) is 123 Å². The highest BCUT2D eigenvalue weighted by molar-refractivity contribution is 7.92. The van der Waals surface area contributed by atoms with Crippen LogP contribution in [0.1, 0.15) is 11.3 Å². The monoisotopic (exact) mass is 583 g/mol. The largest absolute Gasteiger partial charge is 0.357 e. The summed E-state index contributed by atoms with van der Waals surface area (Å²) >= 11 is 1.18. The molecule has 0 unspecified atom stereocenters. The van der Waals surface area contributed by atoms with Gasteiger partial charge in [0.15, 0.2) is 10.7 Å². The maximum atomic E-state index is 16.0. The number of aryl methyl sites for hydroxylation is 2. The standard InChI is InChI=1S/C26H20F3N7O2S2/c1-13-7-9-16(27)24(20(13)28)40(37,38)36-17-6-4-5-15(21(17)29)22-23(18-11-12-31-26(30-3)32-18)39-25(33-22)19-10-8-14(2)34-35-19/h4-12,36H,1-3H3,(H,30,31,32). The molecule has 5 aromatic rings. The van der Waals surface area contributed by atoms with Crippen molar-refractivity contribution < 1.29 is 21.6 Å². The molecule has 0 atom stereocenters. The van der Waals surface area contributed by atoms with Gasteiger partial charge in [0.1, 0.15) is 22.3 Å². The first kappa shape index (κ1) is 27.1. The first-order valence-electron chi connectivity index (χ1n) is 11.7. The van der Waals surface area contributed by atoms with Gasteiger partial charge in [0.2, 0.25) is 5.95 Å². The molecule has 0 aliphatic heterocycles. The zero-order valence-corrected chi connectivity index (χ0v) is 22.8. The van der Waals surface area contributed by atoms with Gasteiger partial charge in [0.05, 0.1) is 27.6 Å². The lowest BCUT2D eigenvalue weighted by Gasteiger charge is -2.13. The molecule has 5 rings (SSSR count). The number of nitrogens with zero attached hydrogens (tertiary/aromatic N) is 5. The Hall–Kier alpha value is -4.43. The van der Waals surface area contributed by atoms with Gasteiger partial charge in [-0.1, -0.05) is 12.1 Å². The zero-order chi connectivity index (χ0) is 28.6. The van der Waals surface area contributed by atoms with Crippen molar-refractivity contribution in [3.05, 3.63) is 83.4 Å². The Labute approximate surface area is 231 Å². The fourth-order valence-corrected chi connectivity index (χ4v) is 6.06. The summed E-state index contributed by atoms with van der Waals surface area (Å²) in [6.07, 6.45) is 1.52. The van der Waals surface area contributed by atoms with Gasteiger partial charge in [-0.15, -0.1) is 16.4 Å².